The van der Waals surface area contributed by atoms with Crippen molar-refractivity contribution in [2.45, 2.75) is 0 Å². The number of carbonyl (C=O) groups excluding carboxylic acids is 1. The standard InChI is InChI=1S/C11H9NO3/c1-15-10-5-9-7(4-8(10)6-13)2-3-12-11(9)14/h2-6H,1H3,(H,12,14). The van der Waals surface area contributed by atoms with E-state index in [2.05, 4.69) is 4.98 Å². The summed E-state index contributed by atoms with van der Waals surface area (Å²) < 4.78 is 5.02. The molecule has 0 radical (unpaired) electrons. The number of aromatic amines is 1. The summed E-state index contributed by atoms with van der Waals surface area (Å²) in [5, 5.41) is 1.24. The van der Waals surface area contributed by atoms with Gasteiger partial charge < -0.3 is 9.72 Å². The highest BCUT2D eigenvalue weighted by molar-refractivity contribution is 5.91. The van der Waals surface area contributed by atoms with E-state index in [4.69, 9.17) is 4.74 Å². The molecule has 0 saturated heterocycles. The second-order valence-corrected chi connectivity index (χ2v) is 3.11. The fraction of sp³-hybridized carbons (Fsp3) is 0.0909. The number of aldehydes is 1. The molecular formula is C11H9NO3. The van der Waals surface area contributed by atoms with Crippen LogP contribution in [0.5, 0.6) is 5.75 Å². The molecule has 4 nitrogen and oxygen atoms in total. The maximum absolute atomic E-state index is 11.4. The van der Waals surface area contributed by atoms with Crippen molar-refractivity contribution in [1.82, 2.24) is 4.98 Å². The first-order valence-electron chi connectivity index (χ1n) is 4.41. The van der Waals surface area contributed by atoms with Crippen LogP contribution in [0.25, 0.3) is 10.8 Å². The minimum atomic E-state index is -0.191. The zero-order valence-corrected chi connectivity index (χ0v) is 8.11. The Bertz CT molecular complexity index is 572. The Balaban J connectivity index is 2.87. The van der Waals surface area contributed by atoms with E-state index in [0.717, 1.165) is 5.39 Å². The summed E-state index contributed by atoms with van der Waals surface area (Å²) in [5.41, 5.74) is 0.249. The highest BCUT2D eigenvalue weighted by Gasteiger charge is 2.06. The number of H-pyrrole nitrogens is 1. The highest BCUT2D eigenvalue weighted by Crippen LogP contribution is 2.21. The van der Waals surface area contributed by atoms with Gasteiger partial charge in [0.15, 0.2) is 6.29 Å². The minimum Gasteiger partial charge on any atom is -0.496 e. The van der Waals surface area contributed by atoms with Crippen LogP contribution in [-0.2, 0) is 0 Å². The number of nitrogens with one attached hydrogen (secondary N) is 1. The Hall–Kier alpha value is -2.10. The number of benzene rings is 1. The van der Waals surface area contributed by atoms with Gasteiger partial charge in [0.05, 0.1) is 18.1 Å². The first-order valence-corrected chi connectivity index (χ1v) is 4.41. The van der Waals surface area contributed by atoms with Gasteiger partial charge in [-0.05, 0) is 23.6 Å². The molecule has 2 rings (SSSR count). The molecule has 0 spiro atoms. The fourth-order valence-electron chi connectivity index (χ4n) is 1.50. The number of hydrogen-bond acceptors (Lipinski definition) is 3. The quantitative estimate of drug-likeness (QED) is 0.749. The van der Waals surface area contributed by atoms with Crippen LogP contribution in [0.4, 0.5) is 0 Å². The minimum absolute atomic E-state index is 0.191. The summed E-state index contributed by atoms with van der Waals surface area (Å²) in [6.45, 7) is 0. The zero-order valence-electron chi connectivity index (χ0n) is 8.11. The number of aromatic nitrogens is 1. The van der Waals surface area contributed by atoms with E-state index in [-0.39, 0.29) is 5.56 Å². The molecule has 1 aromatic carbocycles. The number of fused-ring (bicyclic) bond motifs is 1. The molecule has 1 N–H and O–H groups in total. The summed E-state index contributed by atoms with van der Waals surface area (Å²) in [7, 11) is 1.46. The van der Waals surface area contributed by atoms with Crippen LogP contribution in [0.15, 0.2) is 29.2 Å². The summed E-state index contributed by atoms with van der Waals surface area (Å²) in [4.78, 5) is 24.8. The van der Waals surface area contributed by atoms with E-state index in [9.17, 15) is 9.59 Å². The van der Waals surface area contributed by atoms with Gasteiger partial charge in [-0.25, -0.2) is 0 Å². The van der Waals surface area contributed by atoms with Crippen molar-refractivity contribution in [3.8, 4) is 5.75 Å². The SMILES string of the molecule is COc1cc2c(=O)[nH]ccc2cc1C=O. The molecule has 76 valence electrons. The predicted molar refractivity (Wildman–Crippen MR) is 56.5 cm³/mol. The van der Waals surface area contributed by atoms with Gasteiger partial charge in [-0.15, -0.1) is 0 Å². The van der Waals surface area contributed by atoms with Gasteiger partial charge in [-0.2, -0.15) is 0 Å². The average molecular weight is 203 g/mol. The largest absolute Gasteiger partial charge is 0.496 e. The molecular weight excluding hydrogens is 194 g/mol. The number of methoxy groups -OCH3 is 1. The molecule has 0 atom stereocenters. The van der Waals surface area contributed by atoms with Crippen molar-refractivity contribution in [2.75, 3.05) is 7.11 Å². The number of rotatable bonds is 2. The van der Waals surface area contributed by atoms with Crippen molar-refractivity contribution >= 4 is 17.1 Å². The summed E-state index contributed by atoms with van der Waals surface area (Å²) in [6.07, 6.45) is 2.26. The monoisotopic (exact) mass is 203 g/mol. The molecule has 15 heavy (non-hydrogen) atoms. The van der Waals surface area contributed by atoms with Crippen molar-refractivity contribution < 1.29 is 9.53 Å². The lowest BCUT2D eigenvalue weighted by Gasteiger charge is -2.04. The highest BCUT2D eigenvalue weighted by atomic mass is 16.5. The van der Waals surface area contributed by atoms with Gasteiger partial charge >= 0.3 is 0 Å². The van der Waals surface area contributed by atoms with Gasteiger partial charge in [0.25, 0.3) is 5.56 Å². The van der Waals surface area contributed by atoms with Crippen molar-refractivity contribution in [1.29, 1.82) is 0 Å². The Kier molecular flexibility index (Phi) is 2.25. The predicted octanol–water partition coefficient (Wildman–Crippen LogP) is 1.35. The van der Waals surface area contributed by atoms with Crippen LogP contribution in [-0.4, -0.2) is 18.4 Å². The fourth-order valence-corrected chi connectivity index (χ4v) is 1.50. The Morgan fingerprint density at radius 2 is 2.20 bits per heavy atom. The van der Waals surface area contributed by atoms with E-state index < -0.39 is 0 Å². The van der Waals surface area contributed by atoms with Crippen molar-refractivity contribution in [3.05, 3.63) is 40.3 Å². The second-order valence-electron chi connectivity index (χ2n) is 3.11. The van der Waals surface area contributed by atoms with Crippen LogP contribution in [0.3, 0.4) is 0 Å². The normalized spacial score (nSPS) is 10.2. The third-order valence-corrected chi connectivity index (χ3v) is 2.25. The smallest absolute Gasteiger partial charge is 0.255 e. The van der Waals surface area contributed by atoms with Crippen molar-refractivity contribution in [3.63, 3.8) is 0 Å². The molecule has 0 saturated carbocycles. The lowest BCUT2D eigenvalue weighted by Crippen LogP contribution is -2.05. The third kappa shape index (κ3) is 1.50. The lowest BCUT2D eigenvalue weighted by molar-refractivity contribution is 0.112. The Labute approximate surface area is 85.5 Å². The molecule has 0 aliphatic heterocycles. The zero-order chi connectivity index (χ0) is 10.8. The molecule has 2 aromatic rings. The van der Waals surface area contributed by atoms with E-state index in [0.29, 0.717) is 23.0 Å². The van der Waals surface area contributed by atoms with Gasteiger partial charge in [0, 0.05) is 6.20 Å². The van der Waals surface area contributed by atoms with Crippen LogP contribution >= 0.6 is 0 Å². The first kappa shape index (κ1) is 9.45. The lowest BCUT2D eigenvalue weighted by atomic mass is 10.1. The van der Waals surface area contributed by atoms with E-state index in [1.165, 1.54) is 7.11 Å². The van der Waals surface area contributed by atoms with Crippen LogP contribution in [0.1, 0.15) is 10.4 Å². The van der Waals surface area contributed by atoms with Crippen LogP contribution < -0.4 is 10.3 Å². The van der Waals surface area contributed by atoms with Crippen LogP contribution in [0, 0.1) is 0 Å². The molecule has 1 aromatic heterocycles. The van der Waals surface area contributed by atoms with Gasteiger partial charge in [0.2, 0.25) is 0 Å². The summed E-state index contributed by atoms with van der Waals surface area (Å²) >= 11 is 0. The molecule has 0 fully saturated rings. The van der Waals surface area contributed by atoms with E-state index in [1.807, 2.05) is 0 Å². The van der Waals surface area contributed by atoms with Gasteiger partial charge in [0.1, 0.15) is 5.75 Å². The molecule has 0 amide bonds. The Morgan fingerprint density at radius 3 is 2.87 bits per heavy atom. The molecule has 0 unspecified atom stereocenters. The second kappa shape index (κ2) is 3.57. The number of pyridine rings is 1. The van der Waals surface area contributed by atoms with Crippen LogP contribution in [0.2, 0.25) is 0 Å². The maximum Gasteiger partial charge on any atom is 0.255 e. The summed E-state index contributed by atoms with van der Waals surface area (Å²) in [5.74, 6) is 0.411. The van der Waals surface area contributed by atoms with E-state index >= 15 is 0 Å². The molecule has 0 aliphatic rings. The molecule has 0 aliphatic carbocycles. The summed E-state index contributed by atoms with van der Waals surface area (Å²) in [6, 6.07) is 4.94. The first-order chi connectivity index (χ1) is 7.26. The van der Waals surface area contributed by atoms with Gasteiger partial charge in [-0.1, -0.05) is 0 Å². The molecule has 4 heteroatoms. The molecule has 1 heterocycles. The maximum atomic E-state index is 11.4. The number of carbonyl (C=O) groups is 1. The average Bonchev–Trinajstić information content (AvgIpc) is 2.28. The Morgan fingerprint density at radius 1 is 1.40 bits per heavy atom. The third-order valence-electron chi connectivity index (χ3n) is 2.25. The van der Waals surface area contributed by atoms with Crippen molar-refractivity contribution in [2.24, 2.45) is 0 Å². The molecule has 0 bridgehead atoms. The number of hydrogen-bond donors (Lipinski definition) is 1. The number of ether oxygens (including phenoxy) is 1. The van der Waals surface area contributed by atoms with Gasteiger partial charge in [-0.3, -0.25) is 9.59 Å². The topological polar surface area (TPSA) is 59.2 Å². The van der Waals surface area contributed by atoms with E-state index in [1.54, 1.807) is 24.4 Å².